The maximum atomic E-state index is 13.8. The lowest BCUT2D eigenvalue weighted by Gasteiger charge is -2.30. The number of methoxy groups -OCH3 is 1. The summed E-state index contributed by atoms with van der Waals surface area (Å²) in [4.78, 5) is 51.9. The van der Waals surface area contributed by atoms with Crippen molar-refractivity contribution >= 4 is 23.9 Å². The van der Waals surface area contributed by atoms with Gasteiger partial charge in [0.1, 0.15) is 30.0 Å². The van der Waals surface area contributed by atoms with Crippen LogP contribution in [0, 0.1) is 12.5 Å². The number of hydrogen-bond acceptors (Lipinski definition) is 7. The number of ether oxygens (including phenoxy) is 2. The lowest BCUT2D eigenvalue weighted by Crippen LogP contribution is -2.52. The molecule has 0 aliphatic heterocycles. The topological polar surface area (TPSA) is 134 Å². The Morgan fingerprint density at radius 3 is 2.32 bits per heavy atom. The molecule has 10 nitrogen and oxygen atoms in total. The summed E-state index contributed by atoms with van der Waals surface area (Å²) in [6, 6.07) is 14.1. The fourth-order valence-corrected chi connectivity index (χ4v) is 3.37. The highest BCUT2D eigenvalue weighted by Gasteiger charge is 2.36. The molecule has 2 unspecified atom stereocenters. The van der Waals surface area contributed by atoms with Gasteiger partial charge in [0.15, 0.2) is 0 Å². The molecule has 2 aromatic carbocycles. The van der Waals surface area contributed by atoms with Crippen molar-refractivity contribution in [1.82, 2.24) is 15.5 Å². The van der Waals surface area contributed by atoms with Crippen LogP contribution < -0.4 is 10.6 Å². The molecule has 10 heteroatoms. The first-order valence-electron chi connectivity index (χ1n) is 11.4. The number of hydrogen-bond donors (Lipinski definition) is 3. The molecule has 2 atom stereocenters. The molecule has 3 amide bonds. The van der Waals surface area contributed by atoms with Gasteiger partial charge in [-0.05, 0) is 44.0 Å². The van der Waals surface area contributed by atoms with Crippen molar-refractivity contribution < 1.29 is 33.8 Å². The van der Waals surface area contributed by atoms with Crippen molar-refractivity contribution in [2.45, 2.75) is 44.9 Å². The molecule has 0 saturated carbocycles. The first-order valence-corrected chi connectivity index (χ1v) is 11.4. The first kappa shape index (κ1) is 28.7. The molecule has 2 rings (SSSR count). The van der Waals surface area contributed by atoms with Crippen LogP contribution in [0.2, 0.25) is 0 Å². The standard InChI is InChI=1S/C27H31N3O7/c1-6-30(23(19-13-10-14-20(31)16-19)24(33)28-17-22(32)36-5)25(34)21(15-18-11-8-7-9-12-18)29-26(35)37-27(2,3)4/h1,7-14,16,21,23,31H,15,17H2,2-5H3,(H,28,33)(H,29,35). The molecule has 0 saturated heterocycles. The third-order valence-corrected chi connectivity index (χ3v) is 4.98. The zero-order chi connectivity index (χ0) is 27.6. The number of nitrogens with zero attached hydrogens (tertiary/aromatic N) is 1. The van der Waals surface area contributed by atoms with Crippen LogP contribution in [0.5, 0.6) is 5.75 Å². The second-order valence-electron chi connectivity index (χ2n) is 9.02. The fourth-order valence-electron chi connectivity index (χ4n) is 3.37. The van der Waals surface area contributed by atoms with Crippen LogP contribution in [0.4, 0.5) is 4.79 Å². The monoisotopic (exact) mass is 509 g/mol. The summed E-state index contributed by atoms with van der Waals surface area (Å²) in [7, 11) is 1.16. The van der Waals surface area contributed by atoms with E-state index in [0.717, 1.165) is 17.6 Å². The van der Waals surface area contributed by atoms with E-state index in [9.17, 15) is 24.3 Å². The van der Waals surface area contributed by atoms with Crippen molar-refractivity contribution in [3.05, 3.63) is 65.7 Å². The molecular formula is C27H31N3O7. The number of amides is 3. The molecule has 0 aliphatic carbocycles. The summed E-state index contributed by atoms with van der Waals surface area (Å²) in [5.41, 5.74) is 0.0796. The van der Waals surface area contributed by atoms with Crippen LogP contribution in [-0.2, 0) is 30.3 Å². The third kappa shape index (κ3) is 8.89. The molecular weight excluding hydrogens is 478 g/mol. The summed E-state index contributed by atoms with van der Waals surface area (Å²) in [5, 5.41) is 14.9. The lowest BCUT2D eigenvalue weighted by molar-refractivity contribution is -0.142. The molecule has 0 heterocycles. The van der Waals surface area contributed by atoms with Gasteiger partial charge in [-0.2, -0.15) is 0 Å². The van der Waals surface area contributed by atoms with Crippen molar-refractivity contribution in [1.29, 1.82) is 0 Å². The van der Waals surface area contributed by atoms with Gasteiger partial charge in [0.2, 0.25) is 5.91 Å². The first-order chi connectivity index (χ1) is 17.4. The second-order valence-corrected chi connectivity index (χ2v) is 9.02. The van der Waals surface area contributed by atoms with E-state index in [1.54, 1.807) is 51.1 Å². The summed E-state index contributed by atoms with van der Waals surface area (Å²) in [6.07, 6.45) is 4.92. The van der Waals surface area contributed by atoms with Gasteiger partial charge in [0, 0.05) is 12.5 Å². The Hall–Kier alpha value is -4.52. The van der Waals surface area contributed by atoms with Crippen molar-refractivity contribution in [3.8, 4) is 18.2 Å². The number of aromatic hydroxyl groups is 1. The minimum absolute atomic E-state index is 0.0492. The molecule has 37 heavy (non-hydrogen) atoms. The summed E-state index contributed by atoms with van der Waals surface area (Å²) in [5.74, 6) is -2.45. The number of nitrogens with one attached hydrogen (secondary N) is 2. The van der Waals surface area contributed by atoms with E-state index in [1.807, 2.05) is 0 Å². The number of carbonyl (C=O) groups is 4. The predicted molar refractivity (Wildman–Crippen MR) is 135 cm³/mol. The van der Waals surface area contributed by atoms with Crippen LogP contribution >= 0.6 is 0 Å². The molecule has 0 spiro atoms. The van der Waals surface area contributed by atoms with Crippen LogP contribution in [-0.4, -0.2) is 59.2 Å². The van der Waals surface area contributed by atoms with Gasteiger partial charge in [-0.25, -0.2) is 4.79 Å². The Bertz CT molecular complexity index is 1150. The van der Waals surface area contributed by atoms with E-state index < -0.39 is 48.1 Å². The Labute approximate surface area is 215 Å². The highest BCUT2D eigenvalue weighted by Crippen LogP contribution is 2.25. The summed E-state index contributed by atoms with van der Waals surface area (Å²) >= 11 is 0. The van der Waals surface area contributed by atoms with Gasteiger partial charge < -0.3 is 25.2 Å². The van der Waals surface area contributed by atoms with E-state index in [0.29, 0.717) is 0 Å². The van der Waals surface area contributed by atoms with E-state index in [1.165, 1.54) is 24.3 Å². The summed E-state index contributed by atoms with van der Waals surface area (Å²) in [6.45, 7) is 4.56. The Morgan fingerprint density at radius 1 is 1.08 bits per heavy atom. The van der Waals surface area contributed by atoms with Crippen molar-refractivity contribution in [3.63, 3.8) is 0 Å². The van der Waals surface area contributed by atoms with Crippen molar-refractivity contribution in [2.24, 2.45) is 0 Å². The molecule has 0 aromatic heterocycles. The molecule has 196 valence electrons. The SMILES string of the molecule is C#CN(C(=O)C(Cc1ccccc1)NC(=O)OC(C)(C)C)C(C(=O)NCC(=O)OC)c1cccc(O)c1. The van der Waals surface area contributed by atoms with Gasteiger partial charge >= 0.3 is 12.1 Å². The van der Waals surface area contributed by atoms with Gasteiger partial charge in [-0.15, -0.1) is 0 Å². The van der Waals surface area contributed by atoms with Crippen LogP contribution in [0.15, 0.2) is 54.6 Å². The van der Waals surface area contributed by atoms with Gasteiger partial charge in [-0.1, -0.05) is 48.9 Å². The third-order valence-electron chi connectivity index (χ3n) is 4.98. The fraction of sp³-hybridized carbons (Fsp3) is 0.333. The lowest BCUT2D eigenvalue weighted by atomic mass is 10.0. The van der Waals surface area contributed by atoms with Crippen LogP contribution in [0.1, 0.15) is 37.9 Å². The van der Waals surface area contributed by atoms with E-state index in [-0.39, 0.29) is 17.7 Å². The average Bonchev–Trinajstić information content (AvgIpc) is 2.84. The largest absolute Gasteiger partial charge is 0.508 e. The maximum Gasteiger partial charge on any atom is 0.408 e. The number of carbonyl (C=O) groups excluding carboxylic acids is 4. The smallest absolute Gasteiger partial charge is 0.408 e. The maximum absolute atomic E-state index is 13.8. The number of alkyl carbamates (subject to hydrolysis) is 1. The zero-order valence-electron chi connectivity index (χ0n) is 21.2. The Morgan fingerprint density at radius 2 is 1.76 bits per heavy atom. The number of benzene rings is 2. The highest BCUT2D eigenvalue weighted by atomic mass is 16.6. The minimum atomic E-state index is -1.44. The van der Waals surface area contributed by atoms with E-state index in [2.05, 4.69) is 21.4 Å². The zero-order valence-corrected chi connectivity index (χ0v) is 21.2. The molecule has 0 fully saturated rings. The molecule has 0 radical (unpaired) electrons. The van der Waals surface area contributed by atoms with Crippen LogP contribution in [0.25, 0.3) is 0 Å². The molecule has 2 aromatic rings. The van der Waals surface area contributed by atoms with Crippen LogP contribution in [0.3, 0.4) is 0 Å². The predicted octanol–water partition coefficient (Wildman–Crippen LogP) is 2.28. The highest BCUT2D eigenvalue weighted by molar-refractivity contribution is 5.94. The normalized spacial score (nSPS) is 12.3. The van der Waals surface area contributed by atoms with E-state index >= 15 is 0 Å². The Kier molecular flexibility index (Phi) is 10.1. The second kappa shape index (κ2) is 13.0. The van der Waals surface area contributed by atoms with Gasteiger partial charge in [0.05, 0.1) is 7.11 Å². The number of rotatable bonds is 9. The quantitative estimate of drug-likeness (QED) is 0.268. The number of terminal acetylenes is 1. The molecule has 0 aliphatic rings. The molecule has 3 N–H and O–H groups in total. The molecule has 0 bridgehead atoms. The number of phenols is 1. The van der Waals surface area contributed by atoms with E-state index in [4.69, 9.17) is 11.2 Å². The summed E-state index contributed by atoms with van der Waals surface area (Å²) < 4.78 is 9.87. The minimum Gasteiger partial charge on any atom is -0.508 e. The van der Waals surface area contributed by atoms with Gasteiger partial charge in [0.25, 0.3) is 5.91 Å². The van der Waals surface area contributed by atoms with Crippen molar-refractivity contribution in [2.75, 3.05) is 13.7 Å². The van der Waals surface area contributed by atoms with Gasteiger partial charge in [-0.3, -0.25) is 19.3 Å². The average molecular weight is 510 g/mol. The number of esters is 1. The number of phenolic OH excluding ortho intramolecular Hbond substituents is 1. The Balaban J connectivity index is 2.46.